The second-order valence-electron chi connectivity index (χ2n) is 6.25. The van der Waals surface area contributed by atoms with Gasteiger partial charge in [-0.3, -0.25) is 0 Å². The van der Waals surface area contributed by atoms with Crippen LogP contribution >= 0.6 is 0 Å². The van der Waals surface area contributed by atoms with Gasteiger partial charge in [-0.1, -0.05) is 43.3 Å². The Morgan fingerprint density at radius 2 is 2.09 bits per heavy atom. The summed E-state index contributed by atoms with van der Waals surface area (Å²) in [6, 6.07) is 14.2. The lowest BCUT2D eigenvalue weighted by Gasteiger charge is -2.30. The summed E-state index contributed by atoms with van der Waals surface area (Å²) in [4.78, 5) is 14.0. The summed E-state index contributed by atoms with van der Waals surface area (Å²) in [6.07, 6.45) is 2.31. The number of likely N-dealkylation sites (tertiary alicyclic amines) is 1. The SMILES string of the molecule is CC1CCCN(C(=O)NCCOc2cccc3ccccc23)C1. The molecule has 1 saturated heterocycles. The van der Waals surface area contributed by atoms with Gasteiger partial charge in [0.2, 0.25) is 0 Å². The molecule has 0 spiro atoms. The van der Waals surface area contributed by atoms with Crippen molar-refractivity contribution in [1.82, 2.24) is 10.2 Å². The van der Waals surface area contributed by atoms with Crippen molar-refractivity contribution in [3.8, 4) is 5.75 Å². The van der Waals surface area contributed by atoms with E-state index in [9.17, 15) is 4.79 Å². The van der Waals surface area contributed by atoms with Crippen LogP contribution in [-0.4, -0.2) is 37.2 Å². The molecule has 1 fully saturated rings. The van der Waals surface area contributed by atoms with E-state index >= 15 is 0 Å². The van der Waals surface area contributed by atoms with Crippen molar-refractivity contribution < 1.29 is 9.53 Å². The third-order valence-corrected chi connectivity index (χ3v) is 4.33. The average Bonchev–Trinajstić information content (AvgIpc) is 2.58. The predicted octanol–water partition coefficient (Wildman–Crippen LogP) is 3.66. The number of benzene rings is 2. The van der Waals surface area contributed by atoms with Crippen molar-refractivity contribution >= 4 is 16.8 Å². The van der Waals surface area contributed by atoms with Crippen molar-refractivity contribution in [2.24, 2.45) is 5.92 Å². The molecule has 0 aromatic heterocycles. The van der Waals surface area contributed by atoms with Gasteiger partial charge in [-0.05, 0) is 30.2 Å². The monoisotopic (exact) mass is 312 g/mol. The van der Waals surface area contributed by atoms with Crippen LogP contribution in [0.4, 0.5) is 4.79 Å². The normalized spacial score (nSPS) is 18.0. The zero-order valence-electron chi connectivity index (χ0n) is 13.6. The molecule has 0 radical (unpaired) electrons. The Balaban J connectivity index is 1.48. The van der Waals surface area contributed by atoms with Gasteiger partial charge in [0.15, 0.2) is 0 Å². The van der Waals surface area contributed by atoms with Crippen LogP contribution < -0.4 is 10.1 Å². The molecular formula is C19H24N2O2. The van der Waals surface area contributed by atoms with Crippen molar-refractivity contribution in [3.05, 3.63) is 42.5 Å². The van der Waals surface area contributed by atoms with Gasteiger partial charge >= 0.3 is 6.03 Å². The third kappa shape index (κ3) is 3.95. The topological polar surface area (TPSA) is 41.6 Å². The number of carbonyl (C=O) groups excluding carboxylic acids is 1. The Labute approximate surface area is 137 Å². The van der Waals surface area contributed by atoms with Gasteiger partial charge in [-0.25, -0.2) is 4.79 Å². The smallest absolute Gasteiger partial charge is 0.317 e. The summed E-state index contributed by atoms with van der Waals surface area (Å²) in [7, 11) is 0. The summed E-state index contributed by atoms with van der Waals surface area (Å²) >= 11 is 0. The maximum absolute atomic E-state index is 12.1. The number of nitrogens with one attached hydrogen (secondary N) is 1. The minimum atomic E-state index is 0.0260. The van der Waals surface area contributed by atoms with E-state index in [1.807, 2.05) is 29.2 Å². The molecule has 0 aliphatic carbocycles. The van der Waals surface area contributed by atoms with E-state index in [0.717, 1.165) is 36.0 Å². The molecule has 1 aliphatic rings. The van der Waals surface area contributed by atoms with Crippen molar-refractivity contribution in [1.29, 1.82) is 0 Å². The molecule has 4 heteroatoms. The number of rotatable bonds is 4. The first-order valence-electron chi connectivity index (χ1n) is 8.37. The lowest BCUT2D eigenvalue weighted by Crippen LogP contribution is -2.45. The van der Waals surface area contributed by atoms with Crippen LogP contribution in [0.2, 0.25) is 0 Å². The van der Waals surface area contributed by atoms with Crippen LogP contribution in [0.3, 0.4) is 0 Å². The molecule has 122 valence electrons. The molecule has 1 unspecified atom stereocenters. The number of carbonyl (C=O) groups is 1. The standard InChI is InChI=1S/C19H24N2O2/c1-15-6-5-12-21(14-15)19(22)20-11-13-23-18-10-4-8-16-7-2-3-9-17(16)18/h2-4,7-10,15H,5-6,11-14H2,1H3,(H,20,22). The molecule has 3 rings (SSSR count). The van der Waals surface area contributed by atoms with E-state index in [-0.39, 0.29) is 6.03 Å². The van der Waals surface area contributed by atoms with Crippen LogP contribution in [0.5, 0.6) is 5.75 Å². The van der Waals surface area contributed by atoms with Crippen molar-refractivity contribution in [2.75, 3.05) is 26.2 Å². The zero-order valence-corrected chi connectivity index (χ0v) is 13.6. The van der Waals surface area contributed by atoms with Crippen LogP contribution in [-0.2, 0) is 0 Å². The first-order chi connectivity index (χ1) is 11.2. The number of urea groups is 1. The second-order valence-corrected chi connectivity index (χ2v) is 6.25. The molecule has 2 aromatic carbocycles. The molecule has 1 atom stereocenters. The summed E-state index contributed by atoms with van der Waals surface area (Å²) in [5, 5.41) is 5.22. The highest BCUT2D eigenvalue weighted by atomic mass is 16.5. The first kappa shape index (κ1) is 15.7. The van der Waals surface area contributed by atoms with Gasteiger partial charge in [-0.15, -0.1) is 0 Å². The minimum absolute atomic E-state index is 0.0260. The van der Waals surface area contributed by atoms with E-state index in [2.05, 4.69) is 30.4 Å². The third-order valence-electron chi connectivity index (χ3n) is 4.33. The highest BCUT2D eigenvalue weighted by Crippen LogP contribution is 2.24. The fourth-order valence-corrected chi connectivity index (χ4v) is 3.13. The summed E-state index contributed by atoms with van der Waals surface area (Å²) in [5.41, 5.74) is 0. The second kappa shape index (κ2) is 7.36. The van der Waals surface area contributed by atoms with Crippen LogP contribution in [0, 0.1) is 5.92 Å². The highest BCUT2D eigenvalue weighted by molar-refractivity contribution is 5.88. The van der Waals surface area contributed by atoms with Gasteiger partial charge in [0.1, 0.15) is 12.4 Å². The highest BCUT2D eigenvalue weighted by Gasteiger charge is 2.20. The summed E-state index contributed by atoms with van der Waals surface area (Å²) < 4.78 is 5.84. The molecule has 0 saturated carbocycles. The van der Waals surface area contributed by atoms with Gasteiger partial charge < -0.3 is 15.0 Å². The number of ether oxygens (including phenoxy) is 1. The minimum Gasteiger partial charge on any atom is -0.491 e. The van der Waals surface area contributed by atoms with E-state index in [4.69, 9.17) is 4.74 Å². The van der Waals surface area contributed by atoms with Gasteiger partial charge in [0.25, 0.3) is 0 Å². The average molecular weight is 312 g/mol. The number of nitrogens with zero attached hydrogens (tertiary/aromatic N) is 1. The van der Waals surface area contributed by atoms with Crippen molar-refractivity contribution in [3.63, 3.8) is 0 Å². The quantitative estimate of drug-likeness (QED) is 0.875. The van der Waals surface area contributed by atoms with Crippen LogP contribution in [0.25, 0.3) is 10.8 Å². The van der Waals surface area contributed by atoms with Gasteiger partial charge in [0, 0.05) is 18.5 Å². The molecule has 2 amide bonds. The summed E-state index contributed by atoms with van der Waals surface area (Å²) in [6.45, 7) is 4.91. The van der Waals surface area contributed by atoms with Crippen LogP contribution in [0.15, 0.2) is 42.5 Å². The predicted molar refractivity (Wildman–Crippen MR) is 92.8 cm³/mol. The molecule has 23 heavy (non-hydrogen) atoms. The maximum Gasteiger partial charge on any atom is 0.317 e. The molecule has 2 aromatic rings. The molecule has 0 bridgehead atoms. The van der Waals surface area contributed by atoms with Gasteiger partial charge in [-0.2, -0.15) is 0 Å². The number of hydrogen-bond acceptors (Lipinski definition) is 2. The molecule has 1 heterocycles. The number of piperidine rings is 1. The maximum atomic E-state index is 12.1. The van der Waals surface area contributed by atoms with Crippen LogP contribution in [0.1, 0.15) is 19.8 Å². The number of fused-ring (bicyclic) bond motifs is 1. The van der Waals surface area contributed by atoms with E-state index in [1.165, 1.54) is 6.42 Å². The Hall–Kier alpha value is -2.23. The summed E-state index contributed by atoms with van der Waals surface area (Å²) in [5.74, 6) is 1.46. The zero-order chi connectivity index (χ0) is 16.1. The Kier molecular flexibility index (Phi) is 5.01. The lowest BCUT2D eigenvalue weighted by molar-refractivity contribution is 0.168. The van der Waals surface area contributed by atoms with E-state index in [0.29, 0.717) is 19.1 Å². The number of amides is 2. The molecule has 1 N–H and O–H groups in total. The van der Waals surface area contributed by atoms with Gasteiger partial charge in [0.05, 0.1) is 6.54 Å². The Bertz CT molecular complexity index is 666. The Morgan fingerprint density at radius 3 is 2.96 bits per heavy atom. The fraction of sp³-hybridized carbons (Fsp3) is 0.421. The molecule has 1 aliphatic heterocycles. The first-order valence-corrected chi connectivity index (χ1v) is 8.37. The Morgan fingerprint density at radius 1 is 1.26 bits per heavy atom. The molecular weight excluding hydrogens is 288 g/mol. The van der Waals surface area contributed by atoms with E-state index in [1.54, 1.807) is 0 Å². The lowest BCUT2D eigenvalue weighted by atomic mass is 10.0. The largest absolute Gasteiger partial charge is 0.491 e. The molecule has 4 nitrogen and oxygen atoms in total. The van der Waals surface area contributed by atoms with Crippen molar-refractivity contribution in [2.45, 2.75) is 19.8 Å². The number of hydrogen-bond donors (Lipinski definition) is 1. The van der Waals surface area contributed by atoms with E-state index < -0.39 is 0 Å². The fourth-order valence-electron chi connectivity index (χ4n) is 3.13.